The summed E-state index contributed by atoms with van der Waals surface area (Å²) in [6.45, 7) is 4.35. The summed E-state index contributed by atoms with van der Waals surface area (Å²) in [4.78, 5) is 21.6. The Balaban J connectivity index is 3.25. The van der Waals surface area contributed by atoms with Crippen LogP contribution in [0.15, 0.2) is 0 Å². The molecule has 0 unspecified atom stereocenters. The Morgan fingerprint density at radius 1 is 1.31 bits per heavy atom. The predicted octanol–water partition coefficient (Wildman–Crippen LogP) is 0.856. The lowest BCUT2D eigenvalue weighted by Crippen LogP contribution is -2.27. The van der Waals surface area contributed by atoms with Crippen LogP contribution in [0.4, 0.5) is 0 Å². The average Bonchev–Trinajstić information content (AvgIpc) is 2.12. The van der Waals surface area contributed by atoms with Crippen LogP contribution in [-0.4, -0.2) is 25.0 Å². The Morgan fingerprint density at radius 2 is 2.00 bits per heavy atom. The molecular formula is C9H17NO3. The fourth-order valence-electron chi connectivity index (χ4n) is 0.773. The van der Waals surface area contributed by atoms with E-state index in [-0.39, 0.29) is 18.5 Å². The summed E-state index contributed by atoms with van der Waals surface area (Å²) in [5.41, 5.74) is 0. The molecule has 0 aliphatic carbocycles. The van der Waals surface area contributed by atoms with Crippen LogP contribution in [-0.2, 0) is 14.3 Å². The van der Waals surface area contributed by atoms with E-state index >= 15 is 0 Å². The molecule has 0 aromatic rings. The van der Waals surface area contributed by atoms with Crippen LogP contribution in [0.5, 0.6) is 0 Å². The van der Waals surface area contributed by atoms with Crippen LogP contribution in [0, 0.1) is 0 Å². The number of nitrogens with one attached hydrogen (secondary N) is 1. The number of ether oxygens (including phenoxy) is 1. The van der Waals surface area contributed by atoms with E-state index in [1.54, 1.807) is 6.92 Å². The van der Waals surface area contributed by atoms with Gasteiger partial charge in [0.1, 0.15) is 6.61 Å². The third kappa shape index (κ3) is 7.31. The molecule has 0 saturated carbocycles. The van der Waals surface area contributed by atoms with Crippen molar-refractivity contribution in [3.05, 3.63) is 0 Å². The third-order valence-electron chi connectivity index (χ3n) is 1.45. The van der Waals surface area contributed by atoms with E-state index in [1.807, 2.05) is 6.92 Å². The predicted molar refractivity (Wildman–Crippen MR) is 49.2 cm³/mol. The van der Waals surface area contributed by atoms with Crippen molar-refractivity contribution in [2.24, 2.45) is 0 Å². The van der Waals surface area contributed by atoms with Gasteiger partial charge in [-0.15, -0.1) is 0 Å². The van der Waals surface area contributed by atoms with Gasteiger partial charge in [-0.05, 0) is 6.42 Å². The van der Waals surface area contributed by atoms with Crippen LogP contribution in [0.3, 0.4) is 0 Å². The number of hydrogen-bond donors (Lipinski definition) is 1. The first-order chi connectivity index (χ1) is 6.20. The zero-order valence-electron chi connectivity index (χ0n) is 8.26. The highest BCUT2D eigenvalue weighted by molar-refractivity contribution is 5.75. The van der Waals surface area contributed by atoms with Gasteiger partial charge in [-0.1, -0.05) is 13.8 Å². The van der Waals surface area contributed by atoms with Gasteiger partial charge in [0.2, 0.25) is 5.91 Å². The van der Waals surface area contributed by atoms with Gasteiger partial charge in [0.05, 0.1) is 6.54 Å². The standard InChI is InChI=1S/C9H17NO3/c1-3-5-8(11)10-6-7-13-9(12)4-2/h3-7H2,1-2H3,(H,10,11). The number of carbonyl (C=O) groups excluding carboxylic acids is 2. The smallest absolute Gasteiger partial charge is 0.305 e. The lowest BCUT2D eigenvalue weighted by Gasteiger charge is -2.04. The van der Waals surface area contributed by atoms with Gasteiger partial charge in [-0.2, -0.15) is 0 Å². The second-order valence-electron chi connectivity index (χ2n) is 2.67. The Morgan fingerprint density at radius 3 is 2.54 bits per heavy atom. The Hall–Kier alpha value is -1.06. The molecular weight excluding hydrogens is 170 g/mol. The fourth-order valence-corrected chi connectivity index (χ4v) is 0.773. The van der Waals surface area contributed by atoms with E-state index in [0.29, 0.717) is 19.4 Å². The van der Waals surface area contributed by atoms with Crippen molar-refractivity contribution in [1.82, 2.24) is 5.32 Å². The molecule has 13 heavy (non-hydrogen) atoms. The molecule has 0 fully saturated rings. The summed E-state index contributed by atoms with van der Waals surface area (Å²) in [6, 6.07) is 0. The van der Waals surface area contributed by atoms with Crippen LogP contribution < -0.4 is 5.32 Å². The van der Waals surface area contributed by atoms with Crippen molar-refractivity contribution in [3.8, 4) is 0 Å². The Kier molecular flexibility index (Phi) is 6.96. The maximum absolute atomic E-state index is 10.9. The number of carbonyl (C=O) groups is 2. The summed E-state index contributed by atoms with van der Waals surface area (Å²) in [5, 5.41) is 2.65. The summed E-state index contributed by atoms with van der Waals surface area (Å²) < 4.78 is 4.77. The number of amides is 1. The molecule has 0 aliphatic heterocycles. The summed E-state index contributed by atoms with van der Waals surface area (Å²) in [6.07, 6.45) is 1.74. The molecule has 0 heterocycles. The molecule has 4 nitrogen and oxygen atoms in total. The molecule has 0 aromatic heterocycles. The summed E-state index contributed by atoms with van der Waals surface area (Å²) >= 11 is 0. The maximum atomic E-state index is 10.9. The van der Waals surface area contributed by atoms with Crippen molar-refractivity contribution in [3.63, 3.8) is 0 Å². The first-order valence-electron chi connectivity index (χ1n) is 4.63. The second-order valence-corrected chi connectivity index (χ2v) is 2.67. The molecule has 0 saturated heterocycles. The van der Waals surface area contributed by atoms with E-state index in [2.05, 4.69) is 5.32 Å². The molecule has 1 N–H and O–H groups in total. The average molecular weight is 187 g/mol. The van der Waals surface area contributed by atoms with Crippen LogP contribution in [0.25, 0.3) is 0 Å². The van der Waals surface area contributed by atoms with Gasteiger partial charge < -0.3 is 10.1 Å². The highest BCUT2D eigenvalue weighted by Gasteiger charge is 1.99. The molecule has 0 aliphatic rings. The lowest BCUT2D eigenvalue weighted by molar-refractivity contribution is -0.143. The van der Waals surface area contributed by atoms with Crippen molar-refractivity contribution >= 4 is 11.9 Å². The zero-order chi connectivity index (χ0) is 10.1. The second kappa shape index (κ2) is 7.58. The topological polar surface area (TPSA) is 55.4 Å². The quantitative estimate of drug-likeness (QED) is 0.495. The molecule has 1 amide bonds. The summed E-state index contributed by atoms with van der Waals surface area (Å²) in [7, 11) is 0. The molecule has 0 bridgehead atoms. The van der Waals surface area contributed by atoms with Gasteiger partial charge in [-0.3, -0.25) is 9.59 Å². The monoisotopic (exact) mass is 187 g/mol. The first kappa shape index (κ1) is 11.9. The molecule has 0 radical (unpaired) electrons. The molecule has 4 heteroatoms. The maximum Gasteiger partial charge on any atom is 0.305 e. The highest BCUT2D eigenvalue weighted by Crippen LogP contribution is 1.86. The lowest BCUT2D eigenvalue weighted by atomic mass is 10.3. The van der Waals surface area contributed by atoms with Gasteiger partial charge in [0.15, 0.2) is 0 Å². The van der Waals surface area contributed by atoms with E-state index in [0.717, 1.165) is 6.42 Å². The van der Waals surface area contributed by atoms with E-state index in [9.17, 15) is 9.59 Å². The summed E-state index contributed by atoms with van der Waals surface area (Å²) in [5.74, 6) is -0.222. The molecule has 0 aromatic carbocycles. The van der Waals surface area contributed by atoms with E-state index in [4.69, 9.17) is 4.74 Å². The molecule has 76 valence electrons. The fraction of sp³-hybridized carbons (Fsp3) is 0.778. The minimum Gasteiger partial charge on any atom is -0.464 e. The molecule has 0 spiro atoms. The van der Waals surface area contributed by atoms with Crippen molar-refractivity contribution in [2.45, 2.75) is 33.1 Å². The highest BCUT2D eigenvalue weighted by atomic mass is 16.5. The minimum absolute atomic E-state index is 0.00930. The SMILES string of the molecule is CCCC(=O)NCCOC(=O)CC. The van der Waals surface area contributed by atoms with Crippen LogP contribution in [0.1, 0.15) is 33.1 Å². The van der Waals surface area contributed by atoms with Gasteiger partial charge in [0.25, 0.3) is 0 Å². The van der Waals surface area contributed by atoms with Crippen LogP contribution >= 0.6 is 0 Å². The van der Waals surface area contributed by atoms with Gasteiger partial charge in [0, 0.05) is 12.8 Å². The van der Waals surface area contributed by atoms with Gasteiger partial charge >= 0.3 is 5.97 Å². The van der Waals surface area contributed by atoms with E-state index < -0.39 is 0 Å². The largest absolute Gasteiger partial charge is 0.464 e. The van der Waals surface area contributed by atoms with Crippen molar-refractivity contribution < 1.29 is 14.3 Å². The molecule has 0 rings (SSSR count). The minimum atomic E-state index is -0.232. The number of esters is 1. The zero-order valence-corrected chi connectivity index (χ0v) is 8.26. The third-order valence-corrected chi connectivity index (χ3v) is 1.45. The van der Waals surface area contributed by atoms with Crippen LogP contribution in [0.2, 0.25) is 0 Å². The first-order valence-corrected chi connectivity index (χ1v) is 4.63. The van der Waals surface area contributed by atoms with Gasteiger partial charge in [-0.25, -0.2) is 0 Å². The normalized spacial score (nSPS) is 9.38. The van der Waals surface area contributed by atoms with E-state index in [1.165, 1.54) is 0 Å². The Bertz CT molecular complexity index is 168. The Labute approximate surface area is 78.6 Å². The van der Waals surface area contributed by atoms with Crippen molar-refractivity contribution in [2.75, 3.05) is 13.2 Å². The number of rotatable bonds is 6. The molecule has 0 atom stereocenters. The van der Waals surface area contributed by atoms with Crippen molar-refractivity contribution in [1.29, 1.82) is 0 Å². The number of hydrogen-bond acceptors (Lipinski definition) is 3.